The Hall–Kier alpha value is -3.42. The highest BCUT2D eigenvalue weighted by Crippen LogP contribution is 2.36. The summed E-state index contributed by atoms with van der Waals surface area (Å²) in [6.45, 7) is 8.55. The van der Waals surface area contributed by atoms with Gasteiger partial charge in [-0.15, -0.1) is 0 Å². The Morgan fingerprint density at radius 1 is 1.16 bits per heavy atom. The zero-order valence-corrected chi connectivity index (χ0v) is 18.5. The maximum absolute atomic E-state index is 12.7. The van der Waals surface area contributed by atoms with Gasteiger partial charge < -0.3 is 10.7 Å². The number of hydrogen-bond acceptors (Lipinski definition) is 6. The predicted octanol–water partition coefficient (Wildman–Crippen LogP) is 4.23. The number of aromatic amines is 1. The highest BCUT2D eigenvalue weighted by molar-refractivity contribution is 6.06. The Bertz CT molecular complexity index is 1020. The maximum Gasteiger partial charge on any atom is 0.294 e. The van der Waals surface area contributed by atoms with Crippen molar-refractivity contribution in [2.75, 3.05) is 5.73 Å². The van der Waals surface area contributed by atoms with Gasteiger partial charge in [0.15, 0.2) is 0 Å². The van der Waals surface area contributed by atoms with E-state index < -0.39 is 5.41 Å². The number of aliphatic imine (C=N–C) groups is 1. The van der Waals surface area contributed by atoms with Crippen molar-refractivity contribution in [3.63, 3.8) is 0 Å². The number of H-pyrrole nitrogens is 1. The van der Waals surface area contributed by atoms with E-state index in [2.05, 4.69) is 57.6 Å². The number of hydrogen-bond donors (Lipinski definition) is 2. The van der Waals surface area contributed by atoms with Crippen LogP contribution in [0.2, 0.25) is 0 Å². The fourth-order valence-corrected chi connectivity index (χ4v) is 3.51. The summed E-state index contributed by atoms with van der Waals surface area (Å²) in [6.07, 6.45) is 10.9. The molecule has 3 aromatic heterocycles. The van der Waals surface area contributed by atoms with E-state index in [-0.39, 0.29) is 17.8 Å². The minimum atomic E-state index is -0.450. The van der Waals surface area contributed by atoms with Crippen molar-refractivity contribution in [2.45, 2.75) is 52.4 Å². The zero-order chi connectivity index (χ0) is 22.4. The second-order valence-corrected chi connectivity index (χ2v) is 8.05. The Kier molecular flexibility index (Phi) is 6.89. The molecule has 162 valence electrons. The molecule has 0 aromatic carbocycles. The fourth-order valence-electron chi connectivity index (χ4n) is 3.51. The molecule has 0 saturated carbocycles. The number of imidazole rings is 1. The van der Waals surface area contributed by atoms with Crippen LogP contribution < -0.4 is 5.73 Å². The van der Waals surface area contributed by atoms with Crippen LogP contribution >= 0.6 is 0 Å². The van der Waals surface area contributed by atoms with E-state index in [1.807, 2.05) is 18.3 Å². The molecular formula is C23H29N7O. The zero-order valence-electron chi connectivity index (χ0n) is 18.5. The van der Waals surface area contributed by atoms with Crippen LogP contribution in [-0.4, -0.2) is 36.5 Å². The molecule has 0 saturated heterocycles. The minimum Gasteiger partial charge on any atom is -0.368 e. The normalized spacial score (nSPS) is 13.9. The van der Waals surface area contributed by atoms with E-state index in [0.29, 0.717) is 5.69 Å². The Balaban J connectivity index is 2.01. The van der Waals surface area contributed by atoms with Crippen LogP contribution in [0, 0.1) is 5.92 Å². The highest BCUT2D eigenvalue weighted by atomic mass is 16.1. The fraction of sp³-hybridized carbons (Fsp3) is 0.391. The van der Waals surface area contributed by atoms with E-state index in [4.69, 9.17) is 5.73 Å². The number of anilines is 1. The Morgan fingerprint density at radius 2 is 1.90 bits per heavy atom. The largest absolute Gasteiger partial charge is 0.368 e. The molecule has 8 heteroatoms. The third-order valence-corrected chi connectivity index (χ3v) is 5.82. The molecule has 1 amide bonds. The molecule has 0 fully saturated rings. The molecule has 3 aromatic rings. The lowest BCUT2D eigenvalue weighted by molar-refractivity contribution is 0.0997. The van der Waals surface area contributed by atoms with Crippen LogP contribution in [-0.2, 0) is 5.41 Å². The molecule has 0 aliphatic carbocycles. The lowest BCUT2D eigenvalue weighted by atomic mass is 9.69. The number of nitrogen functional groups attached to an aromatic ring is 1. The van der Waals surface area contributed by atoms with Gasteiger partial charge in [0.05, 0.1) is 18.2 Å². The average Bonchev–Trinajstić information content (AvgIpc) is 3.31. The molecule has 8 nitrogen and oxygen atoms in total. The lowest BCUT2D eigenvalue weighted by Crippen LogP contribution is -2.39. The van der Waals surface area contributed by atoms with Gasteiger partial charge in [-0.05, 0) is 37.3 Å². The van der Waals surface area contributed by atoms with Gasteiger partial charge in [-0.25, -0.2) is 19.9 Å². The maximum atomic E-state index is 12.7. The SMILES string of the molecule is CCCCC(=NC(=O)c1cnc[nH]1)C(C)(c1ccc(-c2cnc(N)nc2)nc1)C(C)C. The van der Waals surface area contributed by atoms with Gasteiger partial charge in [-0.2, -0.15) is 0 Å². The van der Waals surface area contributed by atoms with Gasteiger partial charge in [-0.1, -0.05) is 33.3 Å². The topological polar surface area (TPSA) is 123 Å². The minimum absolute atomic E-state index is 0.199. The molecule has 0 radical (unpaired) electrons. The molecule has 31 heavy (non-hydrogen) atoms. The molecule has 1 atom stereocenters. The Labute approximate surface area is 182 Å². The first-order valence-electron chi connectivity index (χ1n) is 10.5. The number of unbranched alkanes of at least 4 members (excludes halogenated alkanes) is 1. The number of rotatable bonds is 8. The van der Waals surface area contributed by atoms with Crippen LogP contribution in [0.25, 0.3) is 11.3 Å². The predicted molar refractivity (Wildman–Crippen MR) is 122 cm³/mol. The van der Waals surface area contributed by atoms with Crippen LogP contribution in [0.15, 0.2) is 48.2 Å². The van der Waals surface area contributed by atoms with Crippen LogP contribution in [0.4, 0.5) is 5.95 Å². The standard InChI is InChI=1S/C23H29N7O/c1-5-6-7-20(30-21(31)19-13-25-14-29-19)23(4,15(2)3)17-8-9-18(26-12-17)16-10-27-22(24)28-11-16/h8-15H,5-7H2,1-4H3,(H,25,29)(H2,24,27,28). The third kappa shape index (κ3) is 4.84. The molecule has 0 bridgehead atoms. The smallest absolute Gasteiger partial charge is 0.294 e. The molecule has 0 spiro atoms. The quantitative estimate of drug-likeness (QED) is 0.527. The first-order valence-corrected chi connectivity index (χ1v) is 10.5. The number of amides is 1. The number of carbonyl (C=O) groups is 1. The van der Waals surface area contributed by atoms with E-state index >= 15 is 0 Å². The van der Waals surface area contributed by atoms with Gasteiger partial charge in [0.1, 0.15) is 5.69 Å². The van der Waals surface area contributed by atoms with Crippen molar-refractivity contribution in [1.82, 2.24) is 24.9 Å². The second-order valence-electron chi connectivity index (χ2n) is 8.05. The number of carbonyl (C=O) groups excluding carboxylic acids is 1. The van der Waals surface area contributed by atoms with Crippen molar-refractivity contribution in [3.05, 3.63) is 54.5 Å². The highest BCUT2D eigenvalue weighted by Gasteiger charge is 2.36. The van der Waals surface area contributed by atoms with Crippen molar-refractivity contribution < 1.29 is 4.79 Å². The summed E-state index contributed by atoms with van der Waals surface area (Å²) in [5.74, 6) is 0.121. The second kappa shape index (κ2) is 9.59. The summed E-state index contributed by atoms with van der Waals surface area (Å²) in [5.41, 5.74) is 8.93. The van der Waals surface area contributed by atoms with Crippen molar-refractivity contribution >= 4 is 17.6 Å². The van der Waals surface area contributed by atoms with Gasteiger partial charge >= 0.3 is 0 Å². The van der Waals surface area contributed by atoms with Crippen LogP contribution in [0.5, 0.6) is 0 Å². The van der Waals surface area contributed by atoms with Gasteiger partial charge in [-0.3, -0.25) is 9.78 Å². The molecule has 0 aliphatic heterocycles. The van der Waals surface area contributed by atoms with E-state index in [1.165, 1.54) is 12.5 Å². The van der Waals surface area contributed by atoms with E-state index in [1.54, 1.807) is 12.4 Å². The average molecular weight is 420 g/mol. The molecular weight excluding hydrogens is 390 g/mol. The monoisotopic (exact) mass is 419 g/mol. The molecule has 1 unspecified atom stereocenters. The molecule has 3 rings (SSSR count). The number of nitrogens with one attached hydrogen (secondary N) is 1. The summed E-state index contributed by atoms with van der Waals surface area (Å²) in [7, 11) is 0. The van der Waals surface area contributed by atoms with Gasteiger partial charge in [0, 0.05) is 35.3 Å². The summed E-state index contributed by atoms with van der Waals surface area (Å²) in [6, 6.07) is 3.99. The summed E-state index contributed by atoms with van der Waals surface area (Å²) in [5, 5.41) is 0. The third-order valence-electron chi connectivity index (χ3n) is 5.82. The van der Waals surface area contributed by atoms with Crippen LogP contribution in [0.1, 0.15) is 63.0 Å². The van der Waals surface area contributed by atoms with Crippen molar-refractivity contribution in [1.29, 1.82) is 0 Å². The van der Waals surface area contributed by atoms with Crippen molar-refractivity contribution in [3.8, 4) is 11.3 Å². The van der Waals surface area contributed by atoms with Gasteiger partial charge in [0.25, 0.3) is 5.91 Å². The number of nitrogens with two attached hydrogens (primary N) is 1. The van der Waals surface area contributed by atoms with Crippen LogP contribution in [0.3, 0.4) is 0 Å². The Morgan fingerprint density at radius 3 is 2.45 bits per heavy atom. The number of nitrogens with zero attached hydrogens (tertiary/aromatic N) is 5. The van der Waals surface area contributed by atoms with Gasteiger partial charge in [0.2, 0.25) is 5.95 Å². The summed E-state index contributed by atoms with van der Waals surface area (Å²) < 4.78 is 0. The first-order chi connectivity index (χ1) is 14.9. The van der Waals surface area contributed by atoms with Crippen molar-refractivity contribution in [2.24, 2.45) is 10.9 Å². The molecule has 3 N–H and O–H groups in total. The number of aromatic nitrogens is 5. The molecule has 0 aliphatic rings. The summed E-state index contributed by atoms with van der Waals surface area (Å²) >= 11 is 0. The lowest BCUT2D eigenvalue weighted by Gasteiger charge is -2.36. The number of pyridine rings is 1. The van der Waals surface area contributed by atoms with E-state index in [0.717, 1.165) is 41.8 Å². The van der Waals surface area contributed by atoms with E-state index in [9.17, 15) is 4.79 Å². The first kappa shape index (κ1) is 22.3. The molecule has 3 heterocycles. The summed E-state index contributed by atoms with van der Waals surface area (Å²) in [4.78, 5) is 36.8.